The molecule has 4 aromatic rings. The van der Waals surface area contributed by atoms with Crippen LogP contribution < -0.4 is 5.56 Å². The van der Waals surface area contributed by atoms with Crippen LogP contribution in [0, 0.1) is 0 Å². The van der Waals surface area contributed by atoms with Gasteiger partial charge in [0.1, 0.15) is 16.4 Å². The maximum Gasteiger partial charge on any atom is 0.260 e. The highest BCUT2D eigenvalue weighted by Gasteiger charge is 2.18. The van der Waals surface area contributed by atoms with E-state index in [1.165, 1.54) is 11.3 Å². The van der Waals surface area contributed by atoms with E-state index in [-0.39, 0.29) is 12.2 Å². The Hall–Kier alpha value is -3.04. The molecule has 8 heteroatoms. The fraction of sp³-hybridized carbons (Fsp3) is 0.250. The third kappa shape index (κ3) is 5.41. The molecular formula is C24H25N3O4S. The zero-order valence-electron chi connectivity index (χ0n) is 17.6. The van der Waals surface area contributed by atoms with Crippen LogP contribution in [0.4, 0.5) is 0 Å². The summed E-state index contributed by atoms with van der Waals surface area (Å²) in [5, 5.41) is 12.9. The number of benzene rings is 1. The number of rotatable bonds is 11. The number of H-pyrrole nitrogens is 1. The fourth-order valence-corrected chi connectivity index (χ4v) is 4.52. The molecule has 0 aliphatic carbocycles. The maximum absolute atomic E-state index is 12.9. The van der Waals surface area contributed by atoms with E-state index in [4.69, 9.17) is 14.1 Å². The second kappa shape index (κ2) is 10.5. The van der Waals surface area contributed by atoms with Gasteiger partial charge in [-0.1, -0.05) is 36.4 Å². The summed E-state index contributed by atoms with van der Waals surface area (Å²) in [6.45, 7) is 5.32. The molecule has 0 amide bonds. The molecule has 0 aliphatic heterocycles. The van der Waals surface area contributed by atoms with E-state index in [0.29, 0.717) is 42.3 Å². The minimum atomic E-state index is -0.702. The predicted molar refractivity (Wildman–Crippen MR) is 126 cm³/mol. The molecule has 2 N–H and O–H groups in total. The smallest absolute Gasteiger partial charge is 0.260 e. The third-order valence-electron chi connectivity index (χ3n) is 4.93. The Morgan fingerprint density at radius 2 is 2.09 bits per heavy atom. The van der Waals surface area contributed by atoms with Gasteiger partial charge in [0.2, 0.25) is 0 Å². The zero-order valence-corrected chi connectivity index (χ0v) is 18.4. The minimum absolute atomic E-state index is 0.169. The number of nitrogens with one attached hydrogen (secondary N) is 1. The van der Waals surface area contributed by atoms with Crippen molar-refractivity contribution >= 4 is 21.6 Å². The molecule has 0 saturated heterocycles. The lowest BCUT2D eigenvalue weighted by Crippen LogP contribution is -2.35. The quantitative estimate of drug-likeness (QED) is 0.266. The number of fused-ring (bicyclic) bond motifs is 1. The van der Waals surface area contributed by atoms with E-state index in [0.717, 1.165) is 16.9 Å². The van der Waals surface area contributed by atoms with Crippen LogP contribution in [0.1, 0.15) is 11.6 Å². The molecule has 7 nitrogen and oxygen atoms in total. The van der Waals surface area contributed by atoms with Crippen LogP contribution in [-0.4, -0.2) is 45.8 Å². The Labute approximate surface area is 189 Å². The molecule has 0 bridgehead atoms. The molecule has 0 fully saturated rings. The van der Waals surface area contributed by atoms with E-state index < -0.39 is 6.10 Å². The highest BCUT2D eigenvalue weighted by atomic mass is 32.1. The number of aromatic nitrogens is 2. The average molecular weight is 452 g/mol. The van der Waals surface area contributed by atoms with Gasteiger partial charge in [0.25, 0.3) is 5.56 Å². The normalized spacial score (nSPS) is 12.4. The van der Waals surface area contributed by atoms with Crippen LogP contribution in [0.5, 0.6) is 0 Å². The number of aromatic amines is 1. The molecule has 3 aromatic heterocycles. The molecule has 0 saturated carbocycles. The zero-order chi connectivity index (χ0) is 22.3. The highest BCUT2D eigenvalue weighted by Crippen LogP contribution is 2.30. The number of aliphatic hydroxyl groups excluding tert-OH is 1. The average Bonchev–Trinajstić information content (AvgIpc) is 3.44. The van der Waals surface area contributed by atoms with Crippen molar-refractivity contribution in [2.45, 2.75) is 19.2 Å². The van der Waals surface area contributed by atoms with Crippen molar-refractivity contribution < 1.29 is 14.3 Å². The Morgan fingerprint density at radius 3 is 2.84 bits per heavy atom. The number of aliphatic hydroxyl groups is 1. The first-order valence-electron chi connectivity index (χ1n) is 10.3. The summed E-state index contributed by atoms with van der Waals surface area (Å²) in [6, 6.07) is 13.5. The number of ether oxygens (including phenoxy) is 1. The number of furan rings is 1. The molecule has 1 aromatic carbocycles. The SMILES string of the molecule is C=CCOCC(O)CN(Cc1nc2scc(-c3ccccc3)c2c(=O)[nH]1)Cc1ccco1. The molecule has 0 radical (unpaired) electrons. The lowest BCUT2D eigenvalue weighted by atomic mass is 10.1. The van der Waals surface area contributed by atoms with Gasteiger partial charge in [-0.2, -0.15) is 0 Å². The summed E-state index contributed by atoms with van der Waals surface area (Å²) in [6.07, 6.45) is 2.55. The van der Waals surface area contributed by atoms with Crippen LogP contribution in [0.15, 0.2) is 76.0 Å². The summed E-state index contributed by atoms with van der Waals surface area (Å²) < 4.78 is 10.8. The summed E-state index contributed by atoms with van der Waals surface area (Å²) in [7, 11) is 0. The molecule has 3 heterocycles. The minimum Gasteiger partial charge on any atom is -0.468 e. The van der Waals surface area contributed by atoms with Crippen molar-refractivity contribution in [3.63, 3.8) is 0 Å². The molecule has 166 valence electrons. The fourth-order valence-electron chi connectivity index (χ4n) is 3.56. The van der Waals surface area contributed by atoms with Crippen molar-refractivity contribution in [2.24, 2.45) is 0 Å². The maximum atomic E-state index is 12.9. The second-order valence-electron chi connectivity index (χ2n) is 7.44. The van der Waals surface area contributed by atoms with E-state index >= 15 is 0 Å². The van der Waals surface area contributed by atoms with Gasteiger partial charge in [-0.05, 0) is 17.7 Å². The van der Waals surface area contributed by atoms with Crippen molar-refractivity contribution in [3.8, 4) is 11.1 Å². The highest BCUT2D eigenvalue weighted by molar-refractivity contribution is 7.17. The number of hydrogen-bond acceptors (Lipinski definition) is 7. The van der Waals surface area contributed by atoms with Gasteiger partial charge in [-0.25, -0.2) is 4.98 Å². The third-order valence-corrected chi connectivity index (χ3v) is 5.80. The Kier molecular flexibility index (Phi) is 7.28. The molecule has 32 heavy (non-hydrogen) atoms. The Balaban J connectivity index is 1.56. The molecule has 1 unspecified atom stereocenters. The first-order chi connectivity index (χ1) is 15.6. The van der Waals surface area contributed by atoms with E-state index in [1.807, 2.05) is 52.7 Å². The number of hydrogen-bond donors (Lipinski definition) is 2. The van der Waals surface area contributed by atoms with Gasteiger partial charge < -0.3 is 19.2 Å². The first kappa shape index (κ1) is 22.2. The van der Waals surface area contributed by atoms with Gasteiger partial charge >= 0.3 is 0 Å². The van der Waals surface area contributed by atoms with E-state index in [9.17, 15) is 9.90 Å². The lowest BCUT2D eigenvalue weighted by Gasteiger charge is -2.23. The molecule has 0 aliphatic rings. The van der Waals surface area contributed by atoms with Gasteiger partial charge in [-0.15, -0.1) is 17.9 Å². The van der Waals surface area contributed by atoms with E-state index in [2.05, 4.69) is 11.6 Å². The molecule has 0 spiro atoms. The summed E-state index contributed by atoms with van der Waals surface area (Å²) in [5.74, 6) is 1.30. The van der Waals surface area contributed by atoms with Gasteiger partial charge in [-0.3, -0.25) is 9.69 Å². The number of thiophene rings is 1. The van der Waals surface area contributed by atoms with Crippen LogP contribution in [0.25, 0.3) is 21.3 Å². The van der Waals surface area contributed by atoms with E-state index in [1.54, 1.807) is 12.3 Å². The van der Waals surface area contributed by atoms with Gasteiger partial charge in [0.15, 0.2) is 0 Å². The predicted octanol–water partition coefficient (Wildman–Crippen LogP) is 3.81. The van der Waals surface area contributed by atoms with Crippen LogP contribution in [-0.2, 0) is 17.8 Å². The molecular weight excluding hydrogens is 426 g/mol. The topological polar surface area (TPSA) is 91.6 Å². The number of nitrogens with zero attached hydrogens (tertiary/aromatic N) is 2. The Bertz CT molecular complexity index is 1200. The lowest BCUT2D eigenvalue weighted by molar-refractivity contribution is 0.0210. The van der Waals surface area contributed by atoms with Crippen LogP contribution in [0.2, 0.25) is 0 Å². The van der Waals surface area contributed by atoms with Crippen LogP contribution in [0.3, 0.4) is 0 Å². The Morgan fingerprint density at radius 1 is 1.25 bits per heavy atom. The van der Waals surface area contributed by atoms with Crippen molar-refractivity contribution in [3.05, 3.63) is 88.7 Å². The van der Waals surface area contributed by atoms with Gasteiger partial charge in [0.05, 0.1) is 44.1 Å². The second-order valence-corrected chi connectivity index (χ2v) is 8.30. The summed E-state index contributed by atoms with van der Waals surface area (Å²) in [5.41, 5.74) is 1.70. The summed E-state index contributed by atoms with van der Waals surface area (Å²) >= 11 is 1.45. The molecule has 1 atom stereocenters. The first-order valence-corrected chi connectivity index (χ1v) is 11.2. The van der Waals surface area contributed by atoms with Crippen molar-refractivity contribution in [2.75, 3.05) is 19.8 Å². The van der Waals surface area contributed by atoms with Crippen molar-refractivity contribution in [1.29, 1.82) is 0 Å². The van der Waals surface area contributed by atoms with Gasteiger partial charge in [0, 0.05) is 17.5 Å². The summed E-state index contributed by atoms with van der Waals surface area (Å²) in [4.78, 5) is 23.2. The molecule has 4 rings (SSSR count). The van der Waals surface area contributed by atoms with Crippen LogP contribution >= 0.6 is 11.3 Å². The standard InChI is InChI=1S/C24H25N3O4S/c1-2-10-30-15-18(28)12-27(13-19-9-6-11-31-19)14-21-25-23(29)22-20(16-32-24(22)26-21)17-7-4-3-5-8-17/h2-9,11,16,18,28H,1,10,12-15H2,(H,25,26,29). The monoisotopic (exact) mass is 451 g/mol. The van der Waals surface area contributed by atoms with Crippen molar-refractivity contribution in [1.82, 2.24) is 14.9 Å². The largest absolute Gasteiger partial charge is 0.468 e.